The minimum atomic E-state index is -0.426. The van der Waals surface area contributed by atoms with Gasteiger partial charge in [-0.25, -0.2) is 9.18 Å². The third-order valence-corrected chi connectivity index (χ3v) is 12.5. The highest BCUT2D eigenvalue weighted by molar-refractivity contribution is 7.99. The van der Waals surface area contributed by atoms with Crippen LogP contribution in [0, 0.1) is 17.1 Å². The molecule has 2 aromatic carbocycles. The maximum Gasteiger partial charge on any atom is 0.350 e. The second-order valence-electron chi connectivity index (χ2n) is 12.5. The number of halogens is 2. The monoisotopic (exact) mass is 664 g/mol. The molecule has 0 radical (unpaired) electrons. The summed E-state index contributed by atoms with van der Waals surface area (Å²) in [5.74, 6) is 0.924. The first-order chi connectivity index (χ1) is 21.8. The molecule has 4 aromatic rings. The zero-order chi connectivity index (χ0) is 31.0. The zero-order valence-electron chi connectivity index (χ0n) is 25.0. The summed E-state index contributed by atoms with van der Waals surface area (Å²) in [4.78, 5) is 27.0. The number of hydrogen-bond donors (Lipinski definition) is 2. The van der Waals surface area contributed by atoms with E-state index in [1.807, 2.05) is 10.6 Å². The summed E-state index contributed by atoms with van der Waals surface area (Å²) in [5.41, 5.74) is 8.38. The van der Waals surface area contributed by atoms with Gasteiger partial charge < -0.3 is 20.9 Å². The number of nitriles is 1. The fourth-order valence-corrected chi connectivity index (χ4v) is 10.4. The number of likely N-dealkylation sites (N-methyl/N-ethyl adjacent to an activating group) is 1. The van der Waals surface area contributed by atoms with E-state index in [0.717, 1.165) is 92.3 Å². The first kappa shape index (κ1) is 29.5. The van der Waals surface area contributed by atoms with Gasteiger partial charge in [-0.15, -0.1) is 23.1 Å². The van der Waals surface area contributed by atoms with Crippen molar-refractivity contribution < 1.29 is 4.39 Å². The Morgan fingerprint density at radius 2 is 1.91 bits per heavy atom. The number of anilines is 2. The van der Waals surface area contributed by atoms with Gasteiger partial charge in [-0.1, -0.05) is 24.6 Å². The van der Waals surface area contributed by atoms with Gasteiger partial charge >= 0.3 is 5.69 Å². The number of benzene rings is 2. The second kappa shape index (κ2) is 11.4. The standard InChI is InChI=1S/C32H34ClFN8OS2/c1-2-39-7-9-40(10-8-39)15-19-16-44-29-26(20-5-6-24(34)28-25(20)22(12-35)30(36)45-28)23(33)11-21-27(29)42(19)32(43)38-31(21)41-13-17-3-4-18(14-41)37-17/h5-6,11,17-19,37H,2-4,7-10,13-16,36H2,1H3/t17?,18?,19-/m0/s1. The lowest BCUT2D eigenvalue weighted by molar-refractivity contribution is 0.126. The van der Waals surface area contributed by atoms with Crippen LogP contribution in [0.3, 0.4) is 0 Å². The van der Waals surface area contributed by atoms with Gasteiger partial charge in [0.25, 0.3) is 0 Å². The molecule has 234 valence electrons. The van der Waals surface area contributed by atoms with Gasteiger partial charge in [0.05, 0.1) is 26.8 Å². The molecule has 3 fully saturated rings. The number of thiophene rings is 1. The van der Waals surface area contributed by atoms with E-state index >= 15 is 4.39 Å². The van der Waals surface area contributed by atoms with Crippen LogP contribution in [0.25, 0.3) is 32.1 Å². The zero-order valence-corrected chi connectivity index (χ0v) is 27.4. The lowest BCUT2D eigenvalue weighted by Crippen LogP contribution is -2.52. The molecular weight excluding hydrogens is 631 g/mol. The third kappa shape index (κ3) is 4.82. The van der Waals surface area contributed by atoms with Crippen LogP contribution in [0.1, 0.15) is 31.4 Å². The largest absolute Gasteiger partial charge is 0.389 e. The predicted octanol–water partition coefficient (Wildman–Crippen LogP) is 4.75. The van der Waals surface area contributed by atoms with E-state index in [2.05, 4.69) is 33.0 Å². The molecule has 6 heterocycles. The number of aromatic nitrogens is 2. The van der Waals surface area contributed by atoms with Crippen LogP contribution in [0.2, 0.25) is 5.02 Å². The van der Waals surface area contributed by atoms with E-state index in [0.29, 0.717) is 49.9 Å². The molecule has 0 spiro atoms. The highest BCUT2D eigenvalue weighted by Gasteiger charge is 2.37. The predicted molar refractivity (Wildman–Crippen MR) is 181 cm³/mol. The van der Waals surface area contributed by atoms with Crippen LogP contribution in [0.4, 0.5) is 15.2 Å². The Kier molecular flexibility index (Phi) is 7.47. The third-order valence-electron chi connectivity index (χ3n) is 9.98. The number of nitrogens with zero attached hydrogens (tertiary/aromatic N) is 6. The smallest absolute Gasteiger partial charge is 0.350 e. The van der Waals surface area contributed by atoms with Crippen LogP contribution < -0.4 is 21.6 Å². The Morgan fingerprint density at radius 1 is 1.18 bits per heavy atom. The molecule has 2 bridgehead atoms. The molecule has 13 heteroatoms. The quantitative estimate of drug-likeness (QED) is 0.313. The fourth-order valence-electron chi connectivity index (χ4n) is 7.75. The molecule has 3 atom stereocenters. The number of thioether (sulfide) groups is 1. The van der Waals surface area contributed by atoms with Crippen molar-refractivity contribution in [2.45, 2.75) is 42.8 Å². The van der Waals surface area contributed by atoms with Crippen molar-refractivity contribution in [3.05, 3.63) is 45.1 Å². The lowest BCUT2D eigenvalue weighted by atomic mass is 9.97. The van der Waals surface area contributed by atoms with Gasteiger partial charge in [0.1, 0.15) is 22.7 Å². The minimum absolute atomic E-state index is 0.0693. The molecule has 3 N–H and O–H groups in total. The highest BCUT2D eigenvalue weighted by atomic mass is 35.5. The van der Waals surface area contributed by atoms with E-state index in [-0.39, 0.29) is 22.3 Å². The molecular formula is C32H34ClFN8OS2. The average Bonchev–Trinajstić information content (AvgIpc) is 3.57. The fraction of sp³-hybridized carbons (Fsp3) is 0.469. The lowest BCUT2D eigenvalue weighted by Gasteiger charge is -2.38. The molecule has 0 amide bonds. The SMILES string of the molecule is CCN1CCN(C[C@H]2CSc3c(-c4ccc(F)c5sc(N)c(C#N)c45)c(Cl)cc4c(N5CC6CCC(C5)N6)nc(=O)n2c34)CC1. The molecule has 2 unspecified atom stereocenters. The van der Waals surface area contributed by atoms with Gasteiger partial charge in [-0.2, -0.15) is 10.2 Å². The number of nitrogens with one attached hydrogen (secondary N) is 1. The number of hydrogen-bond acceptors (Lipinski definition) is 10. The summed E-state index contributed by atoms with van der Waals surface area (Å²) in [6, 6.07) is 7.89. The van der Waals surface area contributed by atoms with E-state index in [1.54, 1.807) is 17.8 Å². The number of nitrogens with two attached hydrogens (primary N) is 1. The number of piperazine rings is 2. The van der Waals surface area contributed by atoms with E-state index in [9.17, 15) is 10.1 Å². The van der Waals surface area contributed by atoms with Crippen LogP contribution in [0.15, 0.2) is 27.9 Å². The Balaban J connectivity index is 1.34. The molecule has 3 saturated heterocycles. The molecule has 9 nitrogen and oxygen atoms in total. The first-order valence-electron chi connectivity index (χ1n) is 15.6. The number of nitrogen functional groups attached to an aromatic ring is 1. The summed E-state index contributed by atoms with van der Waals surface area (Å²) >= 11 is 9.96. The summed E-state index contributed by atoms with van der Waals surface area (Å²) in [6.45, 7) is 9.53. The summed E-state index contributed by atoms with van der Waals surface area (Å²) < 4.78 is 17.3. The molecule has 45 heavy (non-hydrogen) atoms. The summed E-state index contributed by atoms with van der Waals surface area (Å²) in [6.07, 6.45) is 2.22. The maximum atomic E-state index is 15.1. The first-order valence-corrected chi connectivity index (χ1v) is 17.8. The van der Waals surface area contributed by atoms with Gasteiger partial charge in [-0.3, -0.25) is 9.47 Å². The Bertz CT molecular complexity index is 1940. The van der Waals surface area contributed by atoms with Crippen molar-refractivity contribution in [3.63, 3.8) is 0 Å². The van der Waals surface area contributed by atoms with Gasteiger partial charge in [0.15, 0.2) is 0 Å². The minimum Gasteiger partial charge on any atom is -0.389 e. The van der Waals surface area contributed by atoms with E-state index < -0.39 is 5.82 Å². The number of fused-ring (bicyclic) bond motifs is 3. The summed E-state index contributed by atoms with van der Waals surface area (Å²) in [7, 11) is 0. The van der Waals surface area contributed by atoms with Crippen LogP contribution >= 0.6 is 34.7 Å². The molecule has 0 saturated carbocycles. The Morgan fingerprint density at radius 3 is 2.62 bits per heavy atom. The molecule has 4 aliphatic rings. The molecule has 0 aliphatic carbocycles. The second-order valence-corrected chi connectivity index (χ2v) is 15.0. The van der Waals surface area contributed by atoms with Crippen LogP contribution in [-0.2, 0) is 0 Å². The van der Waals surface area contributed by atoms with E-state index in [4.69, 9.17) is 22.3 Å². The summed E-state index contributed by atoms with van der Waals surface area (Å²) in [5, 5.41) is 15.8. The highest BCUT2D eigenvalue weighted by Crippen LogP contribution is 2.51. The van der Waals surface area contributed by atoms with Gasteiger partial charge in [0, 0.05) is 84.9 Å². The van der Waals surface area contributed by atoms with Crippen molar-refractivity contribution >= 4 is 66.5 Å². The van der Waals surface area contributed by atoms with Crippen molar-refractivity contribution in [3.8, 4) is 17.2 Å². The van der Waals surface area contributed by atoms with E-state index in [1.165, 1.54) is 6.07 Å². The van der Waals surface area contributed by atoms with Crippen LogP contribution in [-0.4, -0.2) is 89.5 Å². The topological polar surface area (TPSA) is 106 Å². The Hall–Kier alpha value is -2.92. The molecule has 4 aliphatic heterocycles. The van der Waals surface area contributed by atoms with Crippen molar-refractivity contribution in [1.29, 1.82) is 5.26 Å². The molecule has 2 aromatic heterocycles. The van der Waals surface area contributed by atoms with Gasteiger partial charge in [0.2, 0.25) is 0 Å². The normalized spacial score (nSPS) is 23.7. The Labute approximate surface area is 273 Å². The maximum absolute atomic E-state index is 15.1. The van der Waals surface area contributed by atoms with Crippen molar-refractivity contribution in [1.82, 2.24) is 24.7 Å². The average molecular weight is 665 g/mol. The molecule has 8 rings (SSSR count). The van der Waals surface area contributed by atoms with Crippen molar-refractivity contribution in [2.75, 3.05) is 68.7 Å². The van der Waals surface area contributed by atoms with Crippen LogP contribution in [0.5, 0.6) is 0 Å². The van der Waals surface area contributed by atoms with Crippen molar-refractivity contribution in [2.24, 2.45) is 0 Å². The number of rotatable bonds is 5. The van der Waals surface area contributed by atoms with Gasteiger partial charge in [-0.05, 0) is 37.1 Å².